The number of nitrogens with zero attached hydrogens (tertiary/aromatic N) is 3. The van der Waals surface area contributed by atoms with E-state index in [0.29, 0.717) is 17.5 Å². The first-order chi connectivity index (χ1) is 9.65. The number of aromatic nitrogens is 4. The van der Waals surface area contributed by atoms with Crippen LogP contribution in [0.1, 0.15) is 44.6 Å². The van der Waals surface area contributed by atoms with E-state index in [2.05, 4.69) is 34.3 Å². The summed E-state index contributed by atoms with van der Waals surface area (Å²) in [6, 6.07) is 2.32. The number of H-pyrrole nitrogens is 1. The minimum absolute atomic E-state index is 0.231. The van der Waals surface area contributed by atoms with Gasteiger partial charge >= 0.3 is 5.69 Å². The molecule has 2 aromatic heterocycles. The van der Waals surface area contributed by atoms with Gasteiger partial charge in [-0.1, -0.05) is 20.3 Å². The van der Waals surface area contributed by atoms with Gasteiger partial charge in [0.2, 0.25) is 0 Å². The van der Waals surface area contributed by atoms with Gasteiger partial charge in [0.1, 0.15) is 5.82 Å². The summed E-state index contributed by atoms with van der Waals surface area (Å²) in [6.07, 6.45) is 4.26. The quantitative estimate of drug-likeness (QED) is 0.803. The van der Waals surface area contributed by atoms with Crippen LogP contribution in [0.2, 0.25) is 0 Å². The maximum absolute atomic E-state index is 11.6. The summed E-state index contributed by atoms with van der Waals surface area (Å²) in [5.74, 6) is 0.682. The molecule has 2 N–H and O–H groups in total. The Hall–Kier alpha value is -1.69. The summed E-state index contributed by atoms with van der Waals surface area (Å²) in [6.45, 7) is 7.21. The molecule has 110 valence electrons. The van der Waals surface area contributed by atoms with E-state index < -0.39 is 0 Å². The molecule has 2 rings (SSSR count). The fourth-order valence-corrected chi connectivity index (χ4v) is 2.49. The van der Waals surface area contributed by atoms with Crippen molar-refractivity contribution in [3.63, 3.8) is 0 Å². The molecule has 2 heterocycles. The largest absolute Gasteiger partial charge is 0.349 e. The third-order valence-corrected chi connectivity index (χ3v) is 3.40. The Labute approximate surface area is 118 Å². The van der Waals surface area contributed by atoms with Crippen molar-refractivity contribution < 1.29 is 0 Å². The monoisotopic (exact) mass is 277 g/mol. The van der Waals surface area contributed by atoms with Crippen molar-refractivity contribution in [3.05, 3.63) is 28.1 Å². The van der Waals surface area contributed by atoms with E-state index in [1.165, 1.54) is 4.40 Å². The molecule has 0 amide bonds. The second-order valence-corrected chi connectivity index (χ2v) is 5.16. The Bertz CT molecular complexity index is 616. The smallest absolute Gasteiger partial charge is 0.314 e. The van der Waals surface area contributed by atoms with Crippen LogP contribution in [-0.2, 0) is 6.42 Å². The highest BCUT2D eigenvalue weighted by atomic mass is 16.1. The van der Waals surface area contributed by atoms with Crippen molar-refractivity contribution in [1.82, 2.24) is 24.9 Å². The Morgan fingerprint density at radius 1 is 1.40 bits per heavy atom. The number of fused-ring (bicyclic) bond motifs is 1. The summed E-state index contributed by atoms with van der Waals surface area (Å²) in [5, 5.41) is 10.0. The fraction of sp³-hybridized carbons (Fsp3) is 0.643. The standard InChI is InChI=1S/C14H23N5O/c1-4-6-11(15-7-5-2)8-12-9-13-17-18-14(20)19(13)10(3)16-12/h9,11,15H,4-8H2,1-3H3,(H,18,20). The van der Waals surface area contributed by atoms with Gasteiger partial charge in [0.25, 0.3) is 0 Å². The third kappa shape index (κ3) is 3.25. The first-order valence-electron chi connectivity index (χ1n) is 7.32. The second-order valence-electron chi connectivity index (χ2n) is 5.16. The van der Waals surface area contributed by atoms with Gasteiger partial charge < -0.3 is 5.32 Å². The summed E-state index contributed by atoms with van der Waals surface area (Å²) < 4.78 is 1.50. The van der Waals surface area contributed by atoms with Crippen LogP contribution >= 0.6 is 0 Å². The Morgan fingerprint density at radius 3 is 2.90 bits per heavy atom. The molecule has 6 nitrogen and oxygen atoms in total. The van der Waals surface area contributed by atoms with Crippen molar-refractivity contribution in [1.29, 1.82) is 0 Å². The fourth-order valence-electron chi connectivity index (χ4n) is 2.49. The number of hydrogen-bond donors (Lipinski definition) is 2. The summed E-state index contributed by atoms with van der Waals surface area (Å²) in [5.41, 5.74) is 1.39. The highest BCUT2D eigenvalue weighted by Gasteiger charge is 2.12. The molecular weight excluding hydrogens is 254 g/mol. The zero-order chi connectivity index (χ0) is 14.5. The van der Waals surface area contributed by atoms with E-state index in [0.717, 1.165) is 37.9 Å². The van der Waals surface area contributed by atoms with Gasteiger partial charge in [-0.2, -0.15) is 5.10 Å². The van der Waals surface area contributed by atoms with Crippen molar-refractivity contribution in [2.45, 2.75) is 52.5 Å². The molecule has 0 bridgehead atoms. The van der Waals surface area contributed by atoms with Crippen LogP contribution in [0.4, 0.5) is 0 Å². The predicted octanol–water partition coefficient (Wildman–Crippen LogP) is 1.44. The molecule has 2 aromatic rings. The van der Waals surface area contributed by atoms with Gasteiger partial charge in [-0.05, 0) is 26.3 Å². The van der Waals surface area contributed by atoms with Crippen molar-refractivity contribution in [2.75, 3.05) is 6.54 Å². The van der Waals surface area contributed by atoms with Gasteiger partial charge in [0, 0.05) is 24.2 Å². The zero-order valence-electron chi connectivity index (χ0n) is 12.4. The van der Waals surface area contributed by atoms with Gasteiger partial charge in [-0.25, -0.2) is 19.3 Å². The van der Waals surface area contributed by atoms with E-state index in [9.17, 15) is 4.79 Å². The lowest BCUT2D eigenvalue weighted by atomic mass is 10.1. The topological polar surface area (TPSA) is 75.1 Å². The lowest BCUT2D eigenvalue weighted by molar-refractivity contribution is 0.468. The maximum atomic E-state index is 11.6. The minimum Gasteiger partial charge on any atom is -0.314 e. The molecular formula is C14H23N5O. The number of nitrogens with one attached hydrogen (secondary N) is 2. The number of aromatic amines is 1. The lowest BCUT2D eigenvalue weighted by Crippen LogP contribution is -2.32. The maximum Gasteiger partial charge on any atom is 0.349 e. The predicted molar refractivity (Wildman–Crippen MR) is 79.0 cm³/mol. The van der Waals surface area contributed by atoms with Crippen LogP contribution in [0, 0.1) is 6.92 Å². The molecule has 0 aliphatic carbocycles. The molecule has 20 heavy (non-hydrogen) atoms. The van der Waals surface area contributed by atoms with Crippen LogP contribution in [-0.4, -0.2) is 32.2 Å². The van der Waals surface area contributed by atoms with Crippen LogP contribution in [0.5, 0.6) is 0 Å². The Kier molecular flexibility index (Phi) is 4.89. The molecule has 0 saturated carbocycles. The summed E-state index contributed by atoms with van der Waals surface area (Å²) in [7, 11) is 0. The van der Waals surface area contributed by atoms with Crippen molar-refractivity contribution >= 4 is 5.65 Å². The van der Waals surface area contributed by atoms with Gasteiger partial charge in [0.05, 0.1) is 0 Å². The molecule has 0 aliphatic heterocycles. The second kappa shape index (κ2) is 6.65. The Morgan fingerprint density at radius 2 is 2.20 bits per heavy atom. The van der Waals surface area contributed by atoms with E-state index in [1.807, 2.05) is 13.0 Å². The van der Waals surface area contributed by atoms with E-state index >= 15 is 0 Å². The average molecular weight is 277 g/mol. The van der Waals surface area contributed by atoms with Gasteiger partial charge in [0.15, 0.2) is 5.65 Å². The van der Waals surface area contributed by atoms with Crippen LogP contribution in [0.3, 0.4) is 0 Å². The first kappa shape index (κ1) is 14.7. The molecule has 0 spiro atoms. The molecule has 0 radical (unpaired) electrons. The van der Waals surface area contributed by atoms with Crippen molar-refractivity contribution in [3.8, 4) is 0 Å². The third-order valence-electron chi connectivity index (χ3n) is 3.40. The number of aryl methyl sites for hydroxylation is 1. The van der Waals surface area contributed by atoms with E-state index in [-0.39, 0.29) is 5.69 Å². The van der Waals surface area contributed by atoms with Crippen LogP contribution < -0.4 is 11.0 Å². The molecule has 0 aromatic carbocycles. The molecule has 1 atom stereocenters. The number of hydrogen-bond acceptors (Lipinski definition) is 4. The molecule has 0 saturated heterocycles. The van der Waals surface area contributed by atoms with E-state index in [1.54, 1.807) is 0 Å². The molecule has 6 heteroatoms. The summed E-state index contributed by atoms with van der Waals surface area (Å²) in [4.78, 5) is 16.1. The highest BCUT2D eigenvalue weighted by molar-refractivity contribution is 5.38. The molecule has 0 fully saturated rings. The average Bonchev–Trinajstić information content (AvgIpc) is 2.78. The molecule has 1 unspecified atom stereocenters. The van der Waals surface area contributed by atoms with Crippen LogP contribution in [0.15, 0.2) is 10.9 Å². The Balaban J connectivity index is 2.21. The van der Waals surface area contributed by atoms with Crippen LogP contribution in [0.25, 0.3) is 5.65 Å². The highest BCUT2D eigenvalue weighted by Crippen LogP contribution is 2.09. The lowest BCUT2D eigenvalue weighted by Gasteiger charge is -2.17. The van der Waals surface area contributed by atoms with Gasteiger partial charge in [-0.15, -0.1) is 0 Å². The van der Waals surface area contributed by atoms with Crippen molar-refractivity contribution in [2.24, 2.45) is 0 Å². The summed E-state index contributed by atoms with van der Waals surface area (Å²) >= 11 is 0. The van der Waals surface area contributed by atoms with E-state index in [4.69, 9.17) is 0 Å². The molecule has 0 aliphatic rings. The van der Waals surface area contributed by atoms with Gasteiger partial charge in [-0.3, -0.25) is 0 Å². The zero-order valence-corrected chi connectivity index (χ0v) is 12.4. The normalized spacial score (nSPS) is 12.9. The minimum atomic E-state index is -0.231. The first-order valence-corrected chi connectivity index (χ1v) is 7.32. The number of rotatable bonds is 7. The SMILES string of the molecule is CCCNC(CCC)Cc1cc2n[nH]c(=O)n2c(C)n1.